The molecule has 0 saturated carbocycles. The van der Waals surface area contributed by atoms with E-state index in [1.54, 1.807) is 18.2 Å². The summed E-state index contributed by atoms with van der Waals surface area (Å²) in [4.78, 5) is 15.3. The number of benzene rings is 2. The molecule has 0 atom stereocenters. The maximum atomic E-state index is 12.5. The Kier molecular flexibility index (Phi) is 5.22. The van der Waals surface area contributed by atoms with Crippen LogP contribution in [0.2, 0.25) is 0 Å². The van der Waals surface area contributed by atoms with Crippen molar-refractivity contribution in [1.82, 2.24) is 9.71 Å². The van der Waals surface area contributed by atoms with Crippen molar-refractivity contribution in [2.45, 2.75) is 45.1 Å². The highest BCUT2D eigenvalue weighted by Gasteiger charge is 2.15. The number of pyridine rings is 1. The molecule has 0 aliphatic carbocycles. The Hall–Kier alpha value is -2.44. The van der Waals surface area contributed by atoms with Gasteiger partial charge in [0.05, 0.1) is 4.90 Å². The molecule has 0 aliphatic heterocycles. The van der Waals surface area contributed by atoms with Crippen molar-refractivity contribution in [3.8, 4) is 0 Å². The first-order valence-corrected chi connectivity index (χ1v) is 10.4. The summed E-state index contributed by atoms with van der Waals surface area (Å²) in [5, 5.41) is 0.883. The van der Waals surface area contributed by atoms with E-state index < -0.39 is 10.0 Å². The molecule has 0 spiro atoms. The van der Waals surface area contributed by atoms with Crippen molar-refractivity contribution < 1.29 is 8.42 Å². The summed E-state index contributed by atoms with van der Waals surface area (Å²) in [5.74, 6) is 0.331. The molecule has 2 N–H and O–H groups in total. The molecule has 0 fully saturated rings. The second-order valence-corrected chi connectivity index (χ2v) is 8.96. The molecular formula is C21H24N2O3S. The van der Waals surface area contributed by atoms with Crippen LogP contribution in [0.1, 0.15) is 42.0 Å². The average Bonchev–Trinajstić information content (AvgIpc) is 2.61. The third-order valence-corrected chi connectivity index (χ3v) is 6.26. The normalized spacial score (nSPS) is 12.0. The van der Waals surface area contributed by atoms with Gasteiger partial charge in [-0.25, -0.2) is 13.1 Å². The summed E-state index contributed by atoms with van der Waals surface area (Å²) >= 11 is 0. The van der Waals surface area contributed by atoms with Gasteiger partial charge in [0.2, 0.25) is 10.0 Å². The third-order valence-electron chi connectivity index (χ3n) is 4.85. The van der Waals surface area contributed by atoms with Crippen molar-refractivity contribution in [3.63, 3.8) is 0 Å². The molecule has 27 heavy (non-hydrogen) atoms. The lowest BCUT2D eigenvalue weighted by molar-refractivity contribution is 0.581. The minimum absolute atomic E-state index is 0.0630. The molecule has 0 bridgehead atoms. The maximum absolute atomic E-state index is 12.5. The van der Waals surface area contributed by atoms with Crippen LogP contribution in [0.3, 0.4) is 0 Å². The highest BCUT2D eigenvalue weighted by molar-refractivity contribution is 7.89. The van der Waals surface area contributed by atoms with E-state index in [9.17, 15) is 13.2 Å². The Labute approximate surface area is 159 Å². The first-order valence-electron chi connectivity index (χ1n) is 8.90. The Morgan fingerprint density at radius 2 is 1.63 bits per heavy atom. The van der Waals surface area contributed by atoms with Gasteiger partial charge in [-0.1, -0.05) is 26.0 Å². The summed E-state index contributed by atoms with van der Waals surface area (Å²) < 4.78 is 27.6. The molecule has 1 aromatic heterocycles. The lowest BCUT2D eigenvalue weighted by Crippen LogP contribution is -2.27. The van der Waals surface area contributed by atoms with Crippen molar-refractivity contribution >= 4 is 20.9 Å². The number of hydrogen-bond acceptors (Lipinski definition) is 3. The number of nitrogens with one attached hydrogen (secondary N) is 2. The molecule has 3 aromatic rings. The average molecular weight is 385 g/mol. The first-order chi connectivity index (χ1) is 12.7. The molecule has 2 aromatic carbocycles. The maximum Gasteiger partial charge on any atom is 0.252 e. The summed E-state index contributed by atoms with van der Waals surface area (Å²) in [6.45, 7) is 8.03. The summed E-state index contributed by atoms with van der Waals surface area (Å²) in [6, 6.07) is 12.5. The SMILES string of the molecule is Cc1cc2cc(CNS(=O)(=O)c3ccc(C(C)C)cc3)c(=O)[nH]c2cc1C. The van der Waals surface area contributed by atoms with Crippen LogP contribution >= 0.6 is 0 Å². The van der Waals surface area contributed by atoms with Crippen LogP contribution in [0.5, 0.6) is 0 Å². The number of rotatable bonds is 5. The molecule has 5 nitrogen and oxygen atoms in total. The van der Waals surface area contributed by atoms with E-state index in [4.69, 9.17) is 0 Å². The molecule has 0 amide bonds. The highest BCUT2D eigenvalue weighted by atomic mass is 32.2. The van der Waals surface area contributed by atoms with Crippen LogP contribution in [-0.2, 0) is 16.6 Å². The molecule has 3 rings (SSSR count). The monoisotopic (exact) mass is 384 g/mol. The van der Waals surface area contributed by atoms with E-state index in [1.165, 1.54) is 0 Å². The van der Waals surface area contributed by atoms with Gasteiger partial charge in [-0.05, 0) is 72.2 Å². The van der Waals surface area contributed by atoms with Crippen LogP contribution in [0, 0.1) is 13.8 Å². The van der Waals surface area contributed by atoms with Crippen molar-refractivity contribution in [1.29, 1.82) is 0 Å². The number of aryl methyl sites for hydroxylation is 2. The predicted molar refractivity (Wildman–Crippen MR) is 109 cm³/mol. The van der Waals surface area contributed by atoms with Crippen LogP contribution in [-0.4, -0.2) is 13.4 Å². The number of aromatic nitrogens is 1. The fourth-order valence-corrected chi connectivity index (χ4v) is 3.95. The van der Waals surface area contributed by atoms with Gasteiger partial charge in [0.25, 0.3) is 5.56 Å². The molecule has 0 unspecified atom stereocenters. The van der Waals surface area contributed by atoms with Gasteiger partial charge in [0.15, 0.2) is 0 Å². The quantitative estimate of drug-likeness (QED) is 0.703. The molecule has 0 saturated heterocycles. The van der Waals surface area contributed by atoms with Crippen LogP contribution in [0.4, 0.5) is 0 Å². The zero-order valence-electron chi connectivity index (χ0n) is 16.0. The standard InChI is InChI=1S/C21H24N2O3S/c1-13(2)16-5-7-19(8-6-16)27(25,26)22-12-18-11-17-9-14(3)15(4)10-20(17)23-21(18)24/h5-11,13,22H,12H2,1-4H3,(H,23,24). The lowest BCUT2D eigenvalue weighted by atomic mass is 10.0. The van der Waals surface area contributed by atoms with E-state index in [0.29, 0.717) is 11.5 Å². The Balaban J connectivity index is 1.85. The van der Waals surface area contributed by atoms with E-state index in [1.807, 2.05) is 38.1 Å². The van der Waals surface area contributed by atoms with Crippen LogP contribution < -0.4 is 10.3 Å². The highest BCUT2D eigenvalue weighted by Crippen LogP contribution is 2.19. The third kappa shape index (κ3) is 4.12. The van der Waals surface area contributed by atoms with Gasteiger partial charge in [0, 0.05) is 17.6 Å². The lowest BCUT2D eigenvalue weighted by Gasteiger charge is -2.10. The fraction of sp³-hybridized carbons (Fsp3) is 0.286. The predicted octanol–water partition coefficient (Wildman–Crippen LogP) is 3.75. The number of hydrogen-bond donors (Lipinski definition) is 2. The van der Waals surface area contributed by atoms with Crippen molar-refractivity contribution in [3.05, 3.63) is 75.1 Å². The minimum Gasteiger partial charge on any atom is -0.322 e. The van der Waals surface area contributed by atoms with Gasteiger partial charge in [-0.3, -0.25) is 4.79 Å². The van der Waals surface area contributed by atoms with E-state index in [-0.39, 0.29) is 17.0 Å². The second-order valence-electron chi connectivity index (χ2n) is 7.20. The van der Waals surface area contributed by atoms with E-state index in [2.05, 4.69) is 23.6 Å². The zero-order chi connectivity index (χ0) is 19.8. The minimum atomic E-state index is -3.69. The summed E-state index contributed by atoms with van der Waals surface area (Å²) in [6.07, 6.45) is 0. The summed E-state index contributed by atoms with van der Waals surface area (Å²) in [7, 11) is -3.69. The van der Waals surface area contributed by atoms with Gasteiger partial charge in [-0.2, -0.15) is 0 Å². The van der Waals surface area contributed by atoms with Crippen molar-refractivity contribution in [2.75, 3.05) is 0 Å². The smallest absolute Gasteiger partial charge is 0.252 e. The molecule has 0 radical (unpaired) electrons. The van der Waals surface area contributed by atoms with E-state index in [0.717, 1.165) is 27.6 Å². The topological polar surface area (TPSA) is 79.0 Å². The number of H-pyrrole nitrogens is 1. The molecule has 142 valence electrons. The van der Waals surface area contributed by atoms with Crippen LogP contribution in [0.15, 0.2) is 52.2 Å². The Morgan fingerprint density at radius 1 is 1.00 bits per heavy atom. The fourth-order valence-electron chi connectivity index (χ4n) is 2.94. The van der Waals surface area contributed by atoms with Gasteiger partial charge in [0.1, 0.15) is 0 Å². The Bertz CT molecular complexity index is 1140. The number of fused-ring (bicyclic) bond motifs is 1. The van der Waals surface area contributed by atoms with Gasteiger partial charge >= 0.3 is 0 Å². The second kappa shape index (κ2) is 7.29. The molecule has 0 aliphatic rings. The zero-order valence-corrected chi connectivity index (χ0v) is 16.8. The van der Waals surface area contributed by atoms with Gasteiger partial charge in [-0.15, -0.1) is 0 Å². The molecule has 6 heteroatoms. The Morgan fingerprint density at radius 3 is 2.26 bits per heavy atom. The van der Waals surface area contributed by atoms with Gasteiger partial charge < -0.3 is 4.98 Å². The van der Waals surface area contributed by atoms with Crippen LogP contribution in [0.25, 0.3) is 10.9 Å². The largest absolute Gasteiger partial charge is 0.322 e. The molecular weight excluding hydrogens is 360 g/mol. The summed E-state index contributed by atoms with van der Waals surface area (Å²) in [5.41, 5.74) is 4.13. The molecule has 1 heterocycles. The van der Waals surface area contributed by atoms with E-state index >= 15 is 0 Å². The van der Waals surface area contributed by atoms with Crippen molar-refractivity contribution in [2.24, 2.45) is 0 Å². The number of aromatic amines is 1. The first kappa shape index (κ1) is 19.3. The number of sulfonamides is 1.